The van der Waals surface area contributed by atoms with Crippen LogP contribution in [-0.4, -0.2) is 36.6 Å². The molecule has 168 valence electrons. The number of fused-ring (bicyclic) bond motifs is 2. The summed E-state index contributed by atoms with van der Waals surface area (Å²) in [5, 5.41) is 3.80. The van der Waals surface area contributed by atoms with Crippen molar-refractivity contribution in [1.82, 2.24) is 0 Å². The molecule has 1 atom stereocenters. The number of hydrogen-bond acceptors (Lipinski definition) is 4. The van der Waals surface area contributed by atoms with Crippen LogP contribution in [-0.2, 0) is 9.59 Å². The van der Waals surface area contributed by atoms with Gasteiger partial charge in [0.05, 0.1) is 35.3 Å². The van der Waals surface area contributed by atoms with Gasteiger partial charge in [0.25, 0.3) is 0 Å². The minimum Gasteiger partial charge on any atom is -0.361 e. The number of nitrogens with zero attached hydrogens (tertiary/aromatic N) is 3. The van der Waals surface area contributed by atoms with Crippen molar-refractivity contribution in [3.8, 4) is 0 Å². The number of amides is 2. The van der Waals surface area contributed by atoms with Crippen molar-refractivity contribution in [3.63, 3.8) is 0 Å². The van der Waals surface area contributed by atoms with E-state index >= 15 is 0 Å². The maximum atomic E-state index is 13.8. The predicted molar refractivity (Wildman–Crippen MR) is 129 cm³/mol. The van der Waals surface area contributed by atoms with Gasteiger partial charge in [0.15, 0.2) is 0 Å². The molecule has 2 aromatic carbocycles. The third kappa shape index (κ3) is 3.42. The smallest absolute Gasteiger partial charge is 0.246 e. The van der Waals surface area contributed by atoms with Gasteiger partial charge in [-0.25, -0.2) is 0 Å². The fraction of sp³-hybridized carbons (Fsp3) is 0.462. The van der Waals surface area contributed by atoms with Crippen LogP contribution in [0, 0.1) is 0 Å². The van der Waals surface area contributed by atoms with Gasteiger partial charge in [-0.3, -0.25) is 9.59 Å². The lowest BCUT2D eigenvalue weighted by Gasteiger charge is -2.43. The van der Waals surface area contributed by atoms with E-state index in [1.807, 2.05) is 36.1 Å². The number of benzene rings is 2. The molecule has 2 amide bonds. The molecule has 32 heavy (non-hydrogen) atoms. The predicted octanol–water partition coefficient (Wildman–Crippen LogP) is 4.76. The molecule has 0 radical (unpaired) electrons. The van der Waals surface area contributed by atoms with Crippen molar-refractivity contribution in [2.45, 2.75) is 64.1 Å². The topological polar surface area (TPSA) is 55.9 Å². The van der Waals surface area contributed by atoms with E-state index in [9.17, 15) is 9.59 Å². The van der Waals surface area contributed by atoms with E-state index in [1.54, 1.807) is 11.8 Å². The van der Waals surface area contributed by atoms with Crippen molar-refractivity contribution >= 4 is 34.6 Å². The molecule has 2 aromatic rings. The van der Waals surface area contributed by atoms with E-state index in [4.69, 9.17) is 0 Å². The summed E-state index contributed by atoms with van der Waals surface area (Å²) in [6.07, 6.45) is 6.92. The molecule has 1 saturated carbocycles. The minimum absolute atomic E-state index is 0.00660. The first-order valence-corrected chi connectivity index (χ1v) is 11.8. The average Bonchev–Trinajstić information content (AvgIpc) is 2.91. The molecule has 2 aliphatic heterocycles. The van der Waals surface area contributed by atoms with Crippen LogP contribution in [0.2, 0.25) is 0 Å². The van der Waals surface area contributed by atoms with Gasteiger partial charge < -0.3 is 20.0 Å². The lowest BCUT2D eigenvalue weighted by atomic mass is 9.99. The van der Waals surface area contributed by atoms with Crippen molar-refractivity contribution < 1.29 is 9.59 Å². The summed E-state index contributed by atoms with van der Waals surface area (Å²) in [5.74, 6) is 0.0850. The van der Waals surface area contributed by atoms with Crippen LogP contribution in [0.1, 0.15) is 52.4 Å². The molecule has 6 nitrogen and oxygen atoms in total. The van der Waals surface area contributed by atoms with Crippen LogP contribution in [0.15, 0.2) is 48.5 Å². The highest BCUT2D eigenvalue weighted by Crippen LogP contribution is 2.46. The van der Waals surface area contributed by atoms with Crippen LogP contribution in [0.25, 0.3) is 0 Å². The maximum absolute atomic E-state index is 13.8. The number of anilines is 4. The van der Waals surface area contributed by atoms with Crippen LogP contribution in [0.5, 0.6) is 0 Å². The Bertz CT molecular complexity index is 1030. The minimum atomic E-state index is -0.192. The molecule has 3 aliphatic rings. The Hall–Kier alpha value is -3.02. The number of nitrogens with one attached hydrogen (secondary N) is 1. The Morgan fingerprint density at radius 2 is 1.56 bits per heavy atom. The van der Waals surface area contributed by atoms with Gasteiger partial charge in [-0.15, -0.1) is 0 Å². The quantitative estimate of drug-likeness (QED) is 0.744. The molecule has 0 unspecified atom stereocenters. The zero-order valence-electron chi connectivity index (χ0n) is 19.0. The van der Waals surface area contributed by atoms with E-state index in [0.717, 1.165) is 35.6 Å². The Kier molecular flexibility index (Phi) is 5.31. The van der Waals surface area contributed by atoms with Gasteiger partial charge in [0.2, 0.25) is 11.8 Å². The lowest BCUT2D eigenvalue weighted by Crippen LogP contribution is -2.57. The van der Waals surface area contributed by atoms with E-state index in [-0.39, 0.29) is 23.5 Å². The molecule has 0 saturated heterocycles. The fourth-order valence-corrected chi connectivity index (χ4v) is 5.82. The van der Waals surface area contributed by atoms with Crippen molar-refractivity contribution in [1.29, 1.82) is 0 Å². The second-order valence-corrected chi connectivity index (χ2v) is 9.41. The van der Waals surface area contributed by atoms with Crippen molar-refractivity contribution in [2.75, 3.05) is 33.1 Å². The first-order chi connectivity index (χ1) is 15.5. The molecule has 0 aromatic heterocycles. The summed E-state index contributed by atoms with van der Waals surface area (Å²) in [7, 11) is 0. The Labute approximate surface area is 190 Å². The number of carbonyl (C=O) groups is 2. The highest BCUT2D eigenvalue weighted by Gasteiger charge is 2.45. The summed E-state index contributed by atoms with van der Waals surface area (Å²) >= 11 is 0. The first-order valence-electron chi connectivity index (χ1n) is 11.8. The average molecular weight is 433 g/mol. The highest BCUT2D eigenvalue weighted by atomic mass is 16.2. The number of para-hydroxylation sites is 4. The van der Waals surface area contributed by atoms with Crippen LogP contribution in [0.3, 0.4) is 0 Å². The summed E-state index contributed by atoms with van der Waals surface area (Å²) in [6, 6.07) is 16.0. The summed E-state index contributed by atoms with van der Waals surface area (Å²) in [4.78, 5) is 32.1. The molecule has 1 spiro atoms. The van der Waals surface area contributed by atoms with E-state index in [0.29, 0.717) is 13.1 Å². The molecule has 0 bridgehead atoms. The third-order valence-electron chi connectivity index (χ3n) is 7.26. The largest absolute Gasteiger partial charge is 0.361 e. The fourth-order valence-electron chi connectivity index (χ4n) is 5.82. The first kappa shape index (κ1) is 20.9. The molecule has 2 heterocycles. The van der Waals surface area contributed by atoms with Crippen molar-refractivity contribution in [3.05, 3.63) is 48.5 Å². The van der Waals surface area contributed by atoms with Crippen molar-refractivity contribution in [2.24, 2.45) is 0 Å². The molecular formula is C26H32N4O2. The summed E-state index contributed by atoms with van der Waals surface area (Å²) in [5.41, 5.74) is 3.68. The molecule has 1 aliphatic carbocycles. The third-order valence-corrected chi connectivity index (χ3v) is 7.26. The standard InChI is InChI=1S/C26H32N4O2/c1-19-17-28(23-13-7-8-14-24(23)30(19)20(2)31)25(32)18-29-22-12-6-5-11-21(22)27-26(29)15-9-3-4-10-16-26/h5-8,11-14,19,27H,3-4,9-10,15-18H2,1-2H3/t19-/m0/s1. The maximum Gasteiger partial charge on any atom is 0.246 e. The van der Waals surface area contributed by atoms with Gasteiger partial charge in [0, 0.05) is 13.5 Å². The van der Waals surface area contributed by atoms with Gasteiger partial charge in [0.1, 0.15) is 5.66 Å². The van der Waals surface area contributed by atoms with E-state index in [1.165, 1.54) is 25.7 Å². The Morgan fingerprint density at radius 1 is 0.938 bits per heavy atom. The number of hydrogen-bond donors (Lipinski definition) is 1. The van der Waals surface area contributed by atoms with E-state index in [2.05, 4.69) is 34.5 Å². The van der Waals surface area contributed by atoms with Gasteiger partial charge in [-0.1, -0.05) is 37.1 Å². The number of carbonyl (C=O) groups excluding carboxylic acids is 2. The SMILES string of the molecule is CC(=O)N1c2ccccc2N(C(=O)CN2c3ccccc3NC23CCCCCC3)C[C@@H]1C. The van der Waals surface area contributed by atoms with E-state index < -0.39 is 0 Å². The molecule has 6 heteroatoms. The van der Waals surface area contributed by atoms with Gasteiger partial charge in [-0.2, -0.15) is 0 Å². The van der Waals surface area contributed by atoms with Gasteiger partial charge >= 0.3 is 0 Å². The monoisotopic (exact) mass is 432 g/mol. The Balaban J connectivity index is 1.48. The normalized spacial score (nSPS) is 21.6. The second-order valence-electron chi connectivity index (χ2n) is 9.41. The zero-order valence-corrected chi connectivity index (χ0v) is 19.0. The van der Waals surface area contributed by atoms with Crippen LogP contribution >= 0.6 is 0 Å². The molecule has 1 N–H and O–H groups in total. The molecular weight excluding hydrogens is 400 g/mol. The zero-order chi connectivity index (χ0) is 22.3. The number of rotatable bonds is 2. The lowest BCUT2D eigenvalue weighted by molar-refractivity contribution is -0.119. The summed E-state index contributed by atoms with van der Waals surface area (Å²) < 4.78 is 0. The highest BCUT2D eigenvalue weighted by molar-refractivity contribution is 6.05. The van der Waals surface area contributed by atoms with Gasteiger partial charge in [-0.05, 0) is 56.9 Å². The molecule has 5 rings (SSSR count). The second kappa shape index (κ2) is 8.15. The van der Waals surface area contributed by atoms with Crippen LogP contribution < -0.4 is 20.0 Å². The summed E-state index contributed by atoms with van der Waals surface area (Å²) in [6.45, 7) is 4.43. The Morgan fingerprint density at radius 3 is 2.25 bits per heavy atom. The molecule has 1 fully saturated rings. The van der Waals surface area contributed by atoms with Crippen LogP contribution in [0.4, 0.5) is 22.7 Å².